The second kappa shape index (κ2) is 7.83. The number of nitrogens with one attached hydrogen (secondary N) is 4. The monoisotopic (exact) mass is 402 g/mol. The van der Waals surface area contributed by atoms with Gasteiger partial charge in [-0.3, -0.25) is 15.0 Å². The van der Waals surface area contributed by atoms with E-state index in [9.17, 15) is 9.18 Å². The number of hydrazine groups is 1. The number of hydrogen-bond acceptors (Lipinski definition) is 6. The van der Waals surface area contributed by atoms with Crippen LogP contribution in [0.3, 0.4) is 0 Å². The first kappa shape index (κ1) is 19.2. The van der Waals surface area contributed by atoms with E-state index in [2.05, 4.69) is 31.3 Å². The van der Waals surface area contributed by atoms with Crippen LogP contribution < -0.4 is 21.4 Å². The molecule has 0 radical (unpaired) electrons. The SMILES string of the molecule is Cc1ccc(F)c2c1NC(C(=O)N[C@@H]1CCC[C@@H](N3CCN4NCNC4C3)C1)C2. The van der Waals surface area contributed by atoms with Crippen molar-refractivity contribution in [3.8, 4) is 0 Å². The van der Waals surface area contributed by atoms with Crippen molar-refractivity contribution in [2.45, 2.75) is 63.3 Å². The summed E-state index contributed by atoms with van der Waals surface area (Å²) < 4.78 is 14.1. The Balaban J connectivity index is 1.17. The van der Waals surface area contributed by atoms with Gasteiger partial charge in [0.25, 0.3) is 0 Å². The van der Waals surface area contributed by atoms with Crippen molar-refractivity contribution in [2.75, 3.05) is 31.6 Å². The molecule has 4 N–H and O–H groups in total. The van der Waals surface area contributed by atoms with Crippen molar-refractivity contribution in [1.29, 1.82) is 0 Å². The van der Waals surface area contributed by atoms with Crippen LogP contribution in [-0.4, -0.2) is 66.4 Å². The summed E-state index contributed by atoms with van der Waals surface area (Å²) in [5.41, 5.74) is 5.79. The molecule has 0 aromatic heterocycles. The first-order valence-corrected chi connectivity index (χ1v) is 10.9. The molecule has 3 aliphatic heterocycles. The molecular weight excluding hydrogens is 371 g/mol. The Labute approximate surface area is 171 Å². The Kier molecular flexibility index (Phi) is 5.19. The fraction of sp³-hybridized carbons (Fsp3) is 0.667. The molecule has 2 unspecified atom stereocenters. The molecule has 3 fully saturated rings. The number of halogens is 1. The lowest BCUT2D eigenvalue weighted by atomic mass is 9.89. The molecule has 2 saturated heterocycles. The fourth-order valence-electron chi connectivity index (χ4n) is 5.42. The van der Waals surface area contributed by atoms with E-state index in [4.69, 9.17) is 0 Å². The Morgan fingerprint density at radius 3 is 3.03 bits per heavy atom. The van der Waals surface area contributed by atoms with Crippen LogP contribution >= 0.6 is 0 Å². The first-order valence-electron chi connectivity index (χ1n) is 10.9. The van der Waals surface area contributed by atoms with E-state index in [0.717, 1.165) is 56.8 Å². The van der Waals surface area contributed by atoms with Crippen LogP contribution in [0.15, 0.2) is 12.1 Å². The van der Waals surface area contributed by atoms with Crippen molar-refractivity contribution < 1.29 is 9.18 Å². The van der Waals surface area contributed by atoms with Crippen LogP contribution in [0.5, 0.6) is 0 Å². The molecule has 1 amide bonds. The highest BCUT2D eigenvalue weighted by atomic mass is 19.1. The van der Waals surface area contributed by atoms with E-state index in [1.165, 1.54) is 12.5 Å². The van der Waals surface area contributed by atoms with Crippen LogP contribution in [0.1, 0.15) is 36.8 Å². The number of benzene rings is 1. The lowest BCUT2D eigenvalue weighted by Gasteiger charge is -2.43. The van der Waals surface area contributed by atoms with Crippen LogP contribution in [0, 0.1) is 12.7 Å². The van der Waals surface area contributed by atoms with Gasteiger partial charge >= 0.3 is 0 Å². The van der Waals surface area contributed by atoms with E-state index >= 15 is 0 Å². The molecule has 1 aromatic carbocycles. The normalized spacial score (nSPS) is 32.5. The van der Waals surface area contributed by atoms with Gasteiger partial charge in [0.2, 0.25) is 5.91 Å². The zero-order valence-corrected chi connectivity index (χ0v) is 17.0. The van der Waals surface area contributed by atoms with Crippen LogP contribution in [0.4, 0.5) is 10.1 Å². The lowest BCUT2D eigenvalue weighted by molar-refractivity contribution is -0.122. The zero-order chi connectivity index (χ0) is 20.0. The molecule has 5 rings (SSSR count). The number of aryl methyl sites for hydroxylation is 1. The Morgan fingerprint density at radius 2 is 2.17 bits per heavy atom. The van der Waals surface area contributed by atoms with Crippen molar-refractivity contribution in [1.82, 2.24) is 26.0 Å². The zero-order valence-electron chi connectivity index (χ0n) is 17.0. The molecule has 0 spiro atoms. The molecule has 0 bridgehead atoms. The molecular formula is C21H31FN6O. The van der Waals surface area contributed by atoms with E-state index in [1.54, 1.807) is 6.07 Å². The molecule has 158 valence electrons. The van der Waals surface area contributed by atoms with E-state index in [0.29, 0.717) is 24.2 Å². The first-order chi connectivity index (χ1) is 14.1. The van der Waals surface area contributed by atoms with Gasteiger partial charge in [-0.15, -0.1) is 0 Å². The molecule has 1 aliphatic carbocycles. The van der Waals surface area contributed by atoms with Gasteiger partial charge in [0.1, 0.15) is 11.9 Å². The molecule has 7 nitrogen and oxygen atoms in total. The average Bonchev–Trinajstić information content (AvgIpc) is 3.38. The van der Waals surface area contributed by atoms with Crippen molar-refractivity contribution in [3.05, 3.63) is 29.1 Å². The number of piperazine rings is 1. The van der Waals surface area contributed by atoms with Crippen LogP contribution in [0.25, 0.3) is 0 Å². The third kappa shape index (κ3) is 3.74. The second-order valence-corrected chi connectivity index (χ2v) is 8.89. The molecule has 3 heterocycles. The maximum atomic E-state index is 14.1. The summed E-state index contributed by atoms with van der Waals surface area (Å²) in [5, 5.41) is 12.3. The number of carbonyl (C=O) groups excluding carboxylic acids is 1. The number of anilines is 1. The van der Waals surface area contributed by atoms with Gasteiger partial charge in [0, 0.05) is 49.4 Å². The number of carbonyl (C=O) groups is 1. The standard InChI is InChI=1S/C21H31FN6O/c1-13-5-6-17(22)16-10-18(26-20(13)16)21(29)25-14-3-2-4-15(9-14)27-7-8-28-19(11-27)23-12-24-28/h5-6,14-15,18-19,23-24,26H,2-4,7-12H2,1H3,(H,25,29)/t14-,15-,18?,19?/m1/s1. The topological polar surface area (TPSA) is 71.7 Å². The van der Waals surface area contributed by atoms with Gasteiger partial charge in [-0.1, -0.05) is 6.07 Å². The van der Waals surface area contributed by atoms with Gasteiger partial charge in [-0.25, -0.2) is 14.8 Å². The number of hydrogen-bond donors (Lipinski definition) is 4. The minimum atomic E-state index is -0.377. The quantitative estimate of drug-likeness (QED) is 0.603. The van der Waals surface area contributed by atoms with Gasteiger partial charge in [0.05, 0.1) is 12.8 Å². The lowest BCUT2D eigenvalue weighted by Crippen LogP contribution is -2.59. The predicted molar refractivity (Wildman–Crippen MR) is 110 cm³/mol. The molecule has 4 atom stereocenters. The van der Waals surface area contributed by atoms with Crippen LogP contribution in [0.2, 0.25) is 0 Å². The third-order valence-corrected chi connectivity index (χ3v) is 7.05. The minimum Gasteiger partial charge on any atom is -0.373 e. The molecule has 1 aromatic rings. The number of fused-ring (bicyclic) bond motifs is 2. The fourth-order valence-corrected chi connectivity index (χ4v) is 5.42. The molecule has 8 heteroatoms. The number of amides is 1. The maximum absolute atomic E-state index is 14.1. The minimum absolute atomic E-state index is 0.00266. The summed E-state index contributed by atoms with van der Waals surface area (Å²) >= 11 is 0. The van der Waals surface area contributed by atoms with Crippen LogP contribution in [-0.2, 0) is 11.2 Å². The summed E-state index contributed by atoms with van der Waals surface area (Å²) in [7, 11) is 0. The van der Waals surface area contributed by atoms with Gasteiger partial charge in [-0.05, 0) is 44.2 Å². The molecule has 4 aliphatic rings. The van der Waals surface area contributed by atoms with Crippen molar-refractivity contribution in [3.63, 3.8) is 0 Å². The number of nitrogens with zero attached hydrogens (tertiary/aromatic N) is 2. The van der Waals surface area contributed by atoms with Gasteiger partial charge in [-0.2, -0.15) is 0 Å². The number of rotatable bonds is 3. The smallest absolute Gasteiger partial charge is 0.243 e. The highest BCUT2D eigenvalue weighted by molar-refractivity contribution is 5.88. The summed E-state index contributed by atoms with van der Waals surface area (Å²) in [6.07, 6.45) is 5.17. The summed E-state index contributed by atoms with van der Waals surface area (Å²) in [6.45, 7) is 5.91. The highest BCUT2D eigenvalue weighted by Crippen LogP contribution is 2.32. The van der Waals surface area contributed by atoms with Crippen molar-refractivity contribution >= 4 is 11.6 Å². The van der Waals surface area contributed by atoms with Crippen molar-refractivity contribution in [2.24, 2.45) is 0 Å². The summed E-state index contributed by atoms with van der Waals surface area (Å²) in [6, 6.07) is 3.61. The maximum Gasteiger partial charge on any atom is 0.243 e. The van der Waals surface area contributed by atoms with Gasteiger partial charge < -0.3 is 10.6 Å². The molecule has 29 heavy (non-hydrogen) atoms. The van der Waals surface area contributed by atoms with Gasteiger partial charge in [0.15, 0.2) is 0 Å². The van der Waals surface area contributed by atoms with E-state index in [-0.39, 0.29) is 23.8 Å². The Hall–Kier alpha value is -1.74. The summed E-state index contributed by atoms with van der Waals surface area (Å²) in [5.74, 6) is -0.225. The Morgan fingerprint density at radius 1 is 1.28 bits per heavy atom. The third-order valence-electron chi connectivity index (χ3n) is 7.05. The predicted octanol–water partition coefficient (Wildman–Crippen LogP) is 0.907. The largest absolute Gasteiger partial charge is 0.373 e. The van der Waals surface area contributed by atoms with E-state index in [1.807, 2.05) is 6.92 Å². The van der Waals surface area contributed by atoms with E-state index < -0.39 is 0 Å². The molecule has 1 saturated carbocycles. The second-order valence-electron chi connectivity index (χ2n) is 8.89. The Bertz CT molecular complexity index is 758. The highest BCUT2D eigenvalue weighted by Gasteiger charge is 2.36. The average molecular weight is 403 g/mol. The summed E-state index contributed by atoms with van der Waals surface area (Å²) in [4.78, 5) is 15.5.